The van der Waals surface area contributed by atoms with Crippen LogP contribution in [0.3, 0.4) is 0 Å². The van der Waals surface area contributed by atoms with E-state index in [1.165, 1.54) is 5.56 Å². The number of benzene rings is 2. The molecule has 118 valence electrons. The molecule has 0 saturated carbocycles. The van der Waals surface area contributed by atoms with Gasteiger partial charge in [-0.2, -0.15) is 0 Å². The summed E-state index contributed by atoms with van der Waals surface area (Å²) in [6, 6.07) is 13.9. The molecule has 0 bridgehead atoms. The van der Waals surface area contributed by atoms with E-state index in [0.29, 0.717) is 10.0 Å². The summed E-state index contributed by atoms with van der Waals surface area (Å²) < 4.78 is 0. The molecule has 0 radical (unpaired) electrons. The van der Waals surface area contributed by atoms with Crippen LogP contribution >= 0.6 is 23.2 Å². The van der Waals surface area contributed by atoms with Gasteiger partial charge in [0, 0.05) is 12.1 Å². The van der Waals surface area contributed by atoms with E-state index in [4.69, 9.17) is 23.2 Å². The van der Waals surface area contributed by atoms with Crippen molar-refractivity contribution in [2.24, 2.45) is 0 Å². The zero-order valence-electron chi connectivity index (χ0n) is 13.0. The van der Waals surface area contributed by atoms with Crippen LogP contribution in [0, 0.1) is 0 Å². The lowest BCUT2D eigenvalue weighted by Crippen LogP contribution is -2.10. The van der Waals surface area contributed by atoms with Gasteiger partial charge in [-0.1, -0.05) is 41.4 Å². The molecule has 0 saturated heterocycles. The topological polar surface area (TPSA) is 31.9 Å². The van der Waals surface area contributed by atoms with Gasteiger partial charge in [-0.15, -0.1) is 0 Å². The largest absolute Gasteiger partial charge is 0.338 e. The number of imidazole rings is 1. The van der Waals surface area contributed by atoms with Crippen molar-refractivity contribution in [1.82, 2.24) is 14.9 Å². The fourth-order valence-electron chi connectivity index (χ4n) is 2.46. The van der Waals surface area contributed by atoms with Gasteiger partial charge in [0.05, 0.1) is 21.9 Å². The fourth-order valence-corrected chi connectivity index (χ4v) is 2.76. The minimum absolute atomic E-state index is 0.523. The Kier molecular flexibility index (Phi) is 4.71. The Morgan fingerprint density at radius 2 is 1.83 bits per heavy atom. The molecule has 2 aromatic carbocycles. The highest BCUT2D eigenvalue weighted by Gasteiger charge is 2.08. The minimum atomic E-state index is 0.523. The molecular formula is C18H17Cl2N3. The molecule has 0 amide bonds. The third-order valence-electron chi connectivity index (χ3n) is 3.51. The highest BCUT2D eigenvalue weighted by Crippen LogP contribution is 2.28. The summed E-state index contributed by atoms with van der Waals surface area (Å²) in [6.45, 7) is 0.904. The molecule has 1 N–H and O–H groups in total. The van der Waals surface area contributed by atoms with Crippen LogP contribution in [-0.2, 0) is 6.54 Å². The maximum absolute atomic E-state index is 6.08. The van der Waals surface area contributed by atoms with Gasteiger partial charge >= 0.3 is 0 Å². The molecule has 0 spiro atoms. The Bertz CT molecular complexity index is 825. The van der Waals surface area contributed by atoms with Gasteiger partial charge in [-0.05, 0) is 49.5 Å². The average molecular weight is 346 g/mol. The first-order chi connectivity index (χ1) is 11.0. The molecule has 0 unspecified atom stereocenters. The summed E-state index contributed by atoms with van der Waals surface area (Å²) in [5.74, 6) is 0.775. The van der Waals surface area contributed by atoms with Crippen molar-refractivity contribution in [3.05, 3.63) is 64.3 Å². The number of hydrogen-bond donors (Lipinski definition) is 1. The van der Waals surface area contributed by atoms with Crippen molar-refractivity contribution in [2.75, 3.05) is 14.1 Å². The van der Waals surface area contributed by atoms with Crippen molar-refractivity contribution in [1.29, 1.82) is 0 Å². The number of aromatic amines is 1. The Morgan fingerprint density at radius 3 is 2.57 bits per heavy atom. The molecule has 3 aromatic rings. The third kappa shape index (κ3) is 3.75. The monoisotopic (exact) mass is 345 g/mol. The van der Waals surface area contributed by atoms with E-state index < -0.39 is 0 Å². The number of rotatable bonds is 4. The van der Waals surface area contributed by atoms with Crippen molar-refractivity contribution in [3.63, 3.8) is 0 Å². The third-order valence-corrected chi connectivity index (χ3v) is 4.24. The highest BCUT2D eigenvalue weighted by molar-refractivity contribution is 6.42. The van der Waals surface area contributed by atoms with Gasteiger partial charge in [0.2, 0.25) is 0 Å². The first-order valence-electron chi connectivity index (χ1n) is 7.27. The summed E-state index contributed by atoms with van der Waals surface area (Å²) in [7, 11) is 4.12. The summed E-state index contributed by atoms with van der Waals surface area (Å²) in [4.78, 5) is 9.95. The van der Waals surface area contributed by atoms with E-state index in [-0.39, 0.29) is 0 Å². The van der Waals surface area contributed by atoms with E-state index in [1.54, 1.807) is 6.07 Å². The first-order valence-corrected chi connectivity index (χ1v) is 8.03. The normalized spacial score (nSPS) is 11.2. The average Bonchev–Trinajstić information content (AvgIpc) is 2.99. The molecule has 0 aliphatic rings. The van der Waals surface area contributed by atoms with Crippen LogP contribution in [0.5, 0.6) is 0 Å². The first kappa shape index (κ1) is 16.1. The Hall–Kier alpha value is -1.81. The molecule has 23 heavy (non-hydrogen) atoms. The molecule has 0 atom stereocenters. The van der Waals surface area contributed by atoms with Gasteiger partial charge in [0.25, 0.3) is 0 Å². The predicted octanol–water partition coefficient (Wildman–Crippen LogP) is 5.11. The Morgan fingerprint density at radius 1 is 1.00 bits per heavy atom. The standard InChI is InChI=1S/C18H17Cl2N3/c1-23(2)11-12-4-3-5-13(8-12)17-10-21-18(22-17)14-6-7-15(19)16(20)9-14/h3-10H,11H2,1-2H3,(H,21,22). The van der Waals surface area contributed by atoms with Gasteiger partial charge in [-0.25, -0.2) is 4.98 Å². The molecule has 0 fully saturated rings. The second-order valence-electron chi connectivity index (χ2n) is 5.71. The van der Waals surface area contributed by atoms with E-state index >= 15 is 0 Å². The zero-order valence-corrected chi connectivity index (χ0v) is 14.5. The zero-order chi connectivity index (χ0) is 16.4. The highest BCUT2D eigenvalue weighted by atomic mass is 35.5. The Balaban J connectivity index is 1.91. The van der Waals surface area contributed by atoms with Crippen LogP contribution in [-0.4, -0.2) is 29.0 Å². The van der Waals surface area contributed by atoms with Crippen LogP contribution in [0.25, 0.3) is 22.6 Å². The van der Waals surface area contributed by atoms with Crippen molar-refractivity contribution < 1.29 is 0 Å². The molecule has 1 aromatic heterocycles. The number of nitrogens with zero attached hydrogens (tertiary/aromatic N) is 2. The lowest BCUT2D eigenvalue weighted by atomic mass is 10.1. The fraction of sp³-hybridized carbons (Fsp3) is 0.167. The molecule has 3 rings (SSSR count). The SMILES string of the molecule is CN(C)Cc1cccc(-c2cnc(-c3ccc(Cl)c(Cl)c3)[nH]2)c1. The quantitative estimate of drug-likeness (QED) is 0.712. The number of halogens is 2. The van der Waals surface area contributed by atoms with E-state index in [0.717, 1.165) is 29.2 Å². The lowest BCUT2D eigenvalue weighted by molar-refractivity contribution is 0.402. The van der Waals surface area contributed by atoms with Crippen LogP contribution in [0.4, 0.5) is 0 Å². The summed E-state index contributed by atoms with van der Waals surface area (Å²) in [5, 5.41) is 1.06. The number of H-pyrrole nitrogens is 1. The van der Waals surface area contributed by atoms with E-state index in [1.807, 2.05) is 18.3 Å². The second kappa shape index (κ2) is 6.75. The minimum Gasteiger partial charge on any atom is -0.338 e. The summed E-state index contributed by atoms with van der Waals surface area (Å²) in [6.07, 6.45) is 1.84. The molecular weight excluding hydrogens is 329 g/mol. The van der Waals surface area contributed by atoms with Gasteiger partial charge in [0.15, 0.2) is 0 Å². The van der Waals surface area contributed by atoms with Crippen molar-refractivity contribution >= 4 is 23.2 Å². The van der Waals surface area contributed by atoms with Gasteiger partial charge < -0.3 is 9.88 Å². The van der Waals surface area contributed by atoms with Crippen molar-refractivity contribution in [2.45, 2.75) is 6.54 Å². The lowest BCUT2D eigenvalue weighted by Gasteiger charge is -2.10. The maximum atomic E-state index is 6.08. The van der Waals surface area contributed by atoms with Gasteiger partial charge in [0.1, 0.15) is 5.82 Å². The van der Waals surface area contributed by atoms with Crippen molar-refractivity contribution in [3.8, 4) is 22.6 Å². The van der Waals surface area contributed by atoms with Crippen LogP contribution in [0.15, 0.2) is 48.7 Å². The van der Waals surface area contributed by atoms with Crippen LogP contribution in [0.2, 0.25) is 10.0 Å². The number of aromatic nitrogens is 2. The molecule has 0 aliphatic heterocycles. The van der Waals surface area contributed by atoms with Gasteiger partial charge in [-0.3, -0.25) is 0 Å². The predicted molar refractivity (Wildman–Crippen MR) is 96.9 cm³/mol. The van der Waals surface area contributed by atoms with E-state index in [9.17, 15) is 0 Å². The molecule has 3 nitrogen and oxygen atoms in total. The number of nitrogens with one attached hydrogen (secondary N) is 1. The maximum Gasteiger partial charge on any atom is 0.137 e. The molecule has 5 heteroatoms. The molecule has 0 aliphatic carbocycles. The van der Waals surface area contributed by atoms with E-state index in [2.05, 4.69) is 53.2 Å². The van der Waals surface area contributed by atoms with Crippen LogP contribution in [0.1, 0.15) is 5.56 Å². The summed E-state index contributed by atoms with van der Waals surface area (Å²) >= 11 is 12.0. The smallest absolute Gasteiger partial charge is 0.137 e. The molecule has 1 heterocycles. The summed E-state index contributed by atoms with van der Waals surface area (Å²) in [5.41, 5.74) is 4.27. The van der Waals surface area contributed by atoms with Crippen LogP contribution < -0.4 is 0 Å². The second-order valence-corrected chi connectivity index (χ2v) is 6.53. The number of hydrogen-bond acceptors (Lipinski definition) is 2. The Labute approximate surface area is 145 Å².